The average Bonchev–Trinajstić information content (AvgIpc) is 2.71. The van der Waals surface area contributed by atoms with Gasteiger partial charge in [-0.1, -0.05) is 50.6 Å². The van der Waals surface area contributed by atoms with Gasteiger partial charge in [0.15, 0.2) is 6.04 Å². The number of carbonyl (C=O) groups excluding carboxylic acids is 2. The molecule has 0 unspecified atom stereocenters. The zero-order valence-electron chi connectivity index (χ0n) is 17.1. The van der Waals surface area contributed by atoms with Gasteiger partial charge in [-0.3, -0.25) is 9.59 Å². The van der Waals surface area contributed by atoms with Crippen LogP contribution in [-0.4, -0.2) is 53.0 Å². The predicted molar refractivity (Wildman–Crippen MR) is 105 cm³/mol. The Morgan fingerprint density at radius 3 is 2.31 bits per heavy atom. The van der Waals surface area contributed by atoms with Crippen molar-refractivity contribution in [2.24, 2.45) is 11.8 Å². The smallest absolute Gasteiger partial charge is 0.326 e. The van der Waals surface area contributed by atoms with E-state index in [1.807, 2.05) is 44.2 Å². The first-order valence-corrected chi connectivity index (χ1v) is 10.0. The molecule has 2 amide bonds. The number of quaternary nitrogens is 1. The predicted octanol–water partition coefficient (Wildman–Crippen LogP) is -2.30. The molecule has 1 aliphatic heterocycles. The molecule has 0 saturated carbocycles. The van der Waals surface area contributed by atoms with Gasteiger partial charge in [-0.05, 0) is 24.3 Å². The Hall–Kier alpha value is -2.12. The summed E-state index contributed by atoms with van der Waals surface area (Å²) in [4.78, 5) is 38.3. The van der Waals surface area contributed by atoms with Gasteiger partial charge in [0.25, 0.3) is 5.91 Å². The molecule has 2 rings (SSSR count). The number of likely N-dealkylation sites (tertiary alicyclic amines) is 1. The normalized spacial score (nSPS) is 17.6. The highest BCUT2D eigenvalue weighted by Crippen LogP contribution is 2.19. The SMILES string of the molecule is CC[C@@H](C)[C@H](NC(=O)C1CCN(C(=O)[C@@H]([NH3+])Cc2ccccc2)CC1)C(=O)O.[Cl-]. The van der Waals surface area contributed by atoms with Crippen LogP contribution in [0.25, 0.3) is 0 Å². The Bertz CT molecular complexity index is 678. The Morgan fingerprint density at radius 1 is 1.21 bits per heavy atom. The molecule has 1 saturated heterocycles. The Morgan fingerprint density at radius 2 is 1.79 bits per heavy atom. The van der Waals surface area contributed by atoms with Crippen molar-refractivity contribution in [1.29, 1.82) is 0 Å². The summed E-state index contributed by atoms with van der Waals surface area (Å²) in [6, 6.07) is 8.58. The lowest BCUT2D eigenvalue weighted by atomic mass is 9.93. The minimum absolute atomic E-state index is 0. The van der Waals surface area contributed by atoms with Crippen LogP contribution < -0.4 is 23.5 Å². The molecule has 0 spiro atoms. The third-order valence-corrected chi connectivity index (χ3v) is 5.63. The molecule has 0 aromatic heterocycles. The Balaban J connectivity index is 0.00000420. The van der Waals surface area contributed by atoms with Crippen molar-refractivity contribution in [2.75, 3.05) is 13.1 Å². The third-order valence-electron chi connectivity index (χ3n) is 5.63. The molecule has 5 N–H and O–H groups in total. The summed E-state index contributed by atoms with van der Waals surface area (Å²) >= 11 is 0. The number of aliphatic carboxylic acids is 1. The van der Waals surface area contributed by atoms with Crippen molar-refractivity contribution in [1.82, 2.24) is 10.2 Å². The average molecular weight is 426 g/mol. The van der Waals surface area contributed by atoms with E-state index in [0.29, 0.717) is 38.8 Å². The number of carboxylic acids is 1. The van der Waals surface area contributed by atoms with Crippen molar-refractivity contribution in [3.63, 3.8) is 0 Å². The van der Waals surface area contributed by atoms with Crippen LogP contribution in [0.2, 0.25) is 0 Å². The fraction of sp³-hybridized carbons (Fsp3) is 0.571. The maximum Gasteiger partial charge on any atom is 0.326 e. The highest BCUT2D eigenvalue weighted by Gasteiger charge is 2.33. The van der Waals surface area contributed by atoms with E-state index in [2.05, 4.69) is 11.1 Å². The number of amides is 2. The minimum Gasteiger partial charge on any atom is -1.00 e. The van der Waals surface area contributed by atoms with E-state index < -0.39 is 12.0 Å². The number of hydrogen-bond acceptors (Lipinski definition) is 3. The van der Waals surface area contributed by atoms with Crippen molar-refractivity contribution < 1.29 is 37.6 Å². The fourth-order valence-corrected chi connectivity index (χ4v) is 3.56. The topological polar surface area (TPSA) is 114 Å². The lowest BCUT2D eigenvalue weighted by molar-refractivity contribution is -0.405. The summed E-state index contributed by atoms with van der Waals surface area (Å²) in [7, 11) is 0. The molecule has 1 aromatic carbocycles. The first-order chi connectivity index (χ1) is 13.3. The molecule has 1 aromatic rings. The summed E-state index contributed by atoms with van der Waals surface area (Å²) < 4.78 is 0. The van der Waals surface area contributed by atoms with Gasteiger partial charge in [0.2, 0.25) is 5.91 Å². The second-order valence-corrected chi connectivity index (χ2v) is 7.70. The number of carboxylic acid groups (broad SMARTS) is 1. The van der Waals surface area contributed by atoms with Crippen molar-refractivity contribution in [3.05, 3.63) is 35.9 Å². The third kappa shape index (κ3) is 7.01. The van der Waals surface area contributed by atoms with Gasteiger partial charge in [0.05, 0.1) is 0 Å². The van der Waals surface area contributed by atoms with E-state index >= 15 is 0 Å². The van der Waals surface area contributed by atoms with Crippen LogP contribution in [0.15, 0.2) is 30.3 Å². The maximum atomic E-state index is 12.7. The minimum atomic E-state index is -1.00. The van der Waals surface area contributed by atoms with Gasteiger partial charge in [-0.2, -0.15) is 0 Å². The lowest BCUT2D eigenvalue weighted by Gasteiger charge is -2.33. The number of nitrogens with one attached hydrogen (secondary N) is 1. The van der Waals surface area contributed by atoms with Crippen LogP contribution in [0, 0.1) is 11.8 Å². The van der Waals surface area contributed by atoms with Gasteiger partial charge in [0, 0.05) is 25.4 Å². The van der Waals surface area contributed by atoms with E-state index in [9.17, 15) is 19.5 Å². The van der Waals surface area contributed by atoms with Crippen molar-refractivity contribution in [2.45, 2.75) is 51.6 Å². The zero-order chi connectivity index (χ0) is 20.7. The quantitative estimate of drug-likeness (QED) is 0.434. The van der Waals surface area contributed by atoms with Gasteiger partial charge in [-0.25, -0.2) is 4.79 Å². The number of piperidine rings is 1. The lowest BCUT2D eigenvalue weighted by Crippen LogP contribution is -3.00. The molecular weight excluding hydrogens is 394 g/mol. The van der Waals surface area contributed by atoms with Gasteiger partial charge < -0.3 is 33.5 Å². The van der Waals surface area contributed by atoms with Crippen LogP contribution in [0.3, 0.4) is 0 Å². The van der Waals surface area contributed by atoms with Gasteiger partial charge >= 0.3 is 5.97 Å². The van der Waals surface area contributed by atoms with E-state index in [0.717, 1.165) is 5.56 Å². The molecular formula is C21H32ClN3O4. The van der Waals surface area contributed by atoms with Gasteiger partial charge in [0.1, 0.15) is 6.04 Å². The number of carbonyl (C=O) groups is 3. The first-order valence-electron chi connectivity index (χ1n) is 10.0. The van der Waals surface area contributed by atoms with E-state index in [4.69, 9.17) is 0 Å². The second-order valence-electron chi connectivity index (χ2n) is 7.70. The Labute approximate surface area is 178 Å². The van der Waals surface area contributed by atoms with Crippen LogP contribution >= 0.6 is 0 Å². The second kappa shape index (κ2) is 11.8. The number of nitrogens with zero attached hydrogens (tertiary/aromatic N) is 1. The molecule has 7 nitrogen and oxygen atoms in total. The van der Waals surface area contributed by atoms with Gasteiger partial charge in [-0.15, -0.1) is 0 Å². The molecule has 1 heterocycles. The molecule has 0 aliphatic carbocycles. The van der Waals surface area contributed by atoms with Crippen LogP contribution in [0.4, 0.5) is 0 Å². The van der Waals surface area contributed by atoms with Crippen molar-refractivity contribution in [3.8, 4) is 0 Å². The largest absolute Gasteiger partial charge is 1.00 e. The molecule has 3 atom stereocenters. The summed E-state index contributed by atoms with van der Waals surface area (Å²) in [5.74, 6) is -1.61. The number of benzene rings is 1. The molecule has 29 heavy (non-hydrogen) atoms. The molecule has 0 radical (unpaired) electrons. The molecule has 1 aliphatic rings. The van der Waals surface area contributed by atoms with E-state index in [1.165, 1.54) is 0 Å². The maximum absolute atomic E-state index is 12.7. The van der Waals surface area contributed by atoms with Crippen LogP contribution in [0.1, 0.15) is 38.7 Å². The highest BCUT2D eigenvalue weighted by molar-refractivity contribution is 5.85. The van der Waals surface area contributed by atoms with Crippen LogP contribution in [-0.2, 0) is 20.8 Å². The summed E-state index contributed by atoms with van der Waals surface area (Å²) in [5.41, 5.74) is 5.09. The van der Waals surface area contributed by atoms with E-state index in [-0.39, 0.29) is 42.1 Å². The highest BCUT2D eigenvalue weighted by atomic mass is 35.5. The standard InChI is InChI=1S/C21H31N3O4.ClH/c1-3-14(2)18(21(27)28)23-19(25)16-9-11-24(12-10-16)20(26)17(22)13-15-7-5-4-6-8-15;/h4-8,14,16-18H,3,9-13,22H2,1-2H3,(H,23,25)(H,27,28);1H/t14-,17+,18+;/m1./s1. The summed E-state index contributed by atoms with van der Waals surface area (Å²) in [6.07, 6.45) is 2.36. The Kier molecular flexibility index (Phi) is 10.1. The monoisotopic (exact) mass is 425 g/mol. The summed E-state index contributed by atoms with van der Waals surface area (Å²) in [5, 5.41) is 12.0. The molecule has 162 valence electrons. The fourth-order valence-electron chi connectivity index (χ4n) is 3.56. The number of hydrogen-bond donors (Lipinski definition) is 3. The first kappa shape index (κ1) is 24.9. The molecule has 0 bridgehead atoms. The van der Waals surface area contributed by atoms with Crippen molar-refractivity contribution >= 4 is 17.8 Å². The number of rotatable bonds is 8. The zero-order valence-corrected chi connectivity index (χ0v) is 17.9. The summed E-state index contributed by atoms with van der Waals surface area (Å²) in [6.45, 7) is 4.72. The number of halogens is 1. The van der Waals surface area contributed by atoms with E-state index in [1.54, 1.807) is 4.90 Å². The molecule has 1 fully saturated rings. The molecule has 8 heteroatoms. The van der Waals surface area contributed by atoms with Crippen LogP contribution in [0.5, 0.6) is 0 Å².